The number of hydrogen-bond donors (Lipinski definition) is 1. The molecule has 1 unspecified atom stereocenters. The van der Waals surface area contributed by atoms with Crippen LogP contribution in [0.5, 0.6) is 0 Å². The molecule has 0 spiro atoms. The zero-order valence-electron chi connectivity index (χ0n) is 13.4. The first-order valence-electron chi connectivity index (χ1n) is 7.46. The minimum atomic E-state index is -0.896. The average Bonchev–Trinajstić information content (AvgIpc) is 2.95. The normalized spacial score (nSPS) is 21.6. The van der Waals surface area contributed by atoms with Gasteiger partial charge in [-0.1, -0.05) is 13.8 Å². The Kier molecular flexibility index (Phi) is 4.70. The summed E-state index contributed by atoms with van der Waals surface area (Å²) in [5.41, 5.74) is -0.896. The second kappa shape index (κ2) is 6.20. The van der Waals surface area contributed by atoms with Gasteiger partial charge in [-0.05, 0) is 44.7 Å². The highest BCUT2D eigenvalue weighted by Gasteiger charge is 2.47. The molecule has 0 saturated carbocycles. The second-order valence-corrected chi connectivity index (χ2v) is 7.71. The molecule has 0 aromatic carbocycles. The number of Topliss-reactive ketones (excluding diaryl/α,β-unsaturated/α-hetero) is 1. The minimum Gasteiger partial charge on any atom is -0.323 e. The molecule has 1 N–H and O–H groups in total. The summed E-state index contributed by atoms with van der Waals surface area (Å²) in [5, 5.41) is 2.74. The van der Waals surface area contributed by atoms with E-state index in [1.165, 1.54) is 11.3 Å². The lowest BCUT2D eigenvalue weighted by atomic mass is 9.92. The van der Waals surface area contributed by atoms with Crippen molar-refractivity contribution in [1.82, 2.24) is 10.2 Å². The molecule has 1 fully saturated rings. The number of urea groups is 1. The van der Waals surface area contributed by atoms with Crippen molar-refractivity contribution in [1.29, 1.82) is 0 Å². The predicted octanol–water partition coefficient (Wildman–Crippen LogP) is 2.99. The summed E-state index contributed by atoms with van der Waals surface area (Å²) in [5.74, 6) is -0.0548. The molecule has 120 valence electrons. The third-order valence-corrected chi connectivity index (χ3v) is 4.93. The molecular weight excluding hydrogens is 300 g/mol. The van der Waals surface area contributed by atoms with Crippen LogP contribution in [0.4, 0.5) is 4.79 Å². The minimum absolute atomic E-state index is 0.193. The molecule has 1 aliphatic heterocycles. The number of nitrogens with zero attached hydrogens (tertiary/aromatic N) is 1. The highest BCUT2D eigenvalue weighted by molar-refractivity contribution is 7.14. The van der Waals surface area contributed by atoms with Crippen molar-refractivity contribution in [2.24, 2.45) is 5.92 Å². The van der Waals surface area contributed by atoms with E-state index in [9.17, 15) is 14.4 Å². The van der Waals surface area contributed by atoms with Crippen LogP contribution in [0, 0.1) is 12.8 Å². The highest BCUT2D eigenvalue weighted by atomic mass is 32.1. The molecule has 3 amide bonds. The SMILES string of the molecule is Cc1ccc(C(=O)CN2C(=O)NC(C)(CCC(C)C)C2=O)s1. The summed E-state index contributed by atoms with van der Waals surface area (Å²) in [7, 11) is 0. The van der Waals surface area contributed by atoms with Gasteiger partial charge in [0.2, 0.25) is 0 Å². The Morgan fingerprint density at radius 1 is 1.36 bits per heavy atom. The van der Waals surface area contributed by atoms with E-state index in [0.717, 1.165) is 16.2 Å². The zero-order valence-corrected chi connectivity index (χ0v) is 14.3. The van der Waals surface area contributed by atoms with Crippen LogP contribution in [-0.2, 0) is 4.79 Å². The number of thiophene rings is 1. The van der Waals surface area contributed by atoms with Crippen molar-refractivity contribution in [3.05, 3.63) is 21.9 Å². The van der Waals surface area contributed by atoms with E-state index in [1.807, 2.05) is 13.0 Å². The third-order valence-electron chi connectivity index (χ3n) is 3.88. The van der Waals surface area contributed by atoms with E-state index in [0.29, 0.717) is 17.2 Å². The van der Waals surface area contributed by atoms with Crippen molar-refractivity contribution in [3.8, 4) is 0 Å². The Morgan fingerprint density at radius 3 is 2.59 bits per heavy atom. The molecular formula is C16H22N2O3S. The quantitative estimate of drug-likeness (QED) is 0.647. The smallest absolute Gasteiger partial charge is 0.323 e. The molecule has 5 nitrogen and oxygen atoms in total. The van der Waals surface area contributed by atoms with Gasteiger partial charge in [-0.3, -0.25) is 14.5 Å². The van der Waals surface area contributed by atoms with Gasteiger partial charge in [-0.2, -0.15) is 0 Å². The van der Waals surface area contributed by atoms with E-state index in [2.05, 4.69) is 19.2 Å². The van der Waals surface area contributed by atoms with Gasteiger partial charge in [0, 0.05) is 4.88 Å². The van der Waals surface area contributed by atoms with Crippen LogP contribution in [0.3, 0.4) is 0 Å². The molecule has 0 bridgehead atoms. The fourth-order valence-electron chi connectivity index (χ4n) is 2.44. The molecule has 1 atom stereocenters. The molecule has 0 aliphatic carbocycles. The third kappa shape index (κ3) is 3.38. The van der Waals surface area contributed by atoms with Gasteiger partial charge >= 0.3 is 6.03 Å². The van der Waals surface area contributed by atoms with Crippen molar-refractivity contribution in [3.63, 3.8) is 0 Å². The Labute approximate surface area is 134 Å². The van der Waals surface area contributed by atoms with Crippen molar-refractivity contribution in [2.45, 2.75) is 46.1 Å². The van der Waals surface area contributed by atoms with E-state index in [4.69, 9.17) is 0 Å². The maximum absolute atomic E-state index is 12.5. The Balaban J connectivity index is 2.07. The number of nitrogens with one attached hydrogen (secondary N) is 1. The summed E-state index contributed by atoms with van der Waals surface area (Å²) >= 11 is 1.38. The number of hydrogen-bond acceptors (Lipinski definition) is 4. The fraction of sp³-hybridized carbons (Fsp3) is 0.562. The molecule has 2 rings (SSSR count). The Morgan fingerprint density at radius 2 is 2.05 bits per heavy atom. The summed E-state index contributed by atoms with van der Waals surface area (Å²) in [6.45, 7) is 7.60. The number of imide groups is 1. The number of aryl methyl sites for hydroxylation is 1. The van der Waals surface area contributed by atoms with E-state index in [-0.39, 0.29) is 18.2 Å². The lowest BCUT2D eigenvalue weighted by Crippen LogP contribution is -2.44. The van der Waals surface area contributed by atoms with E-state index in [1.54, 1.807) is 13.0 Å². The topological polar surface area (TPSA) is 66.5 Å². The van der Waals surface area contributed by atoms with Crippen LogP contribution >= 0.6 is 11.3 Å². The number of carbonyl (C=O) groups excluding carboxylic acids is 3. The average molecular weight is 322 g/mol. The molecule has 2 heterocycles. The fourth-order valence-corrected chi connectivity index (χ4v) is 3.24. The van der Waals surface area contributed by atoms with Crippen LogP contribution in [0.25, 0.3) is 0 Å². The van der Waals surface area contributed by atoms with Gasteiger partial charge in [0.25, 0.3) is 5.91 Å². The van der Waals surface area contributed by atoms with Crippen LogP contribution < -0.4 is 5.32 Å². The van der Waals surface area contributed by atoms with Crippen LogP contribution in [0.15, 0.2) is 12.1 Å². The summed E-state index contributed by atoms with van der Waals surface area (Å²) in [4.78, 5) is 39.4. The molecule has 6 heteroatoms. The number of amides is 3. The molecule has 1 saturated heterocycles. The lowest BCUT2D eigenvalue weighted by Gasteiger charge is -2.22. The zero-order chi connectivity index (χ0) is 16.5. The van der Waals surface area contributed by atoms with E-state index < -0.39 is 11.6 Å². The first-order valence-corrected chi connectivity index (χ1v) is 8.28. The van der Waals surface area contributed by atoms with Crippen molar-refractivity contribution >= 4 is 29.1 Å². The summed E-state index contributed by atoms with van der Waals surface area (Å²) in [6, 6.07) is 3.12. The van der Waals surface area contributed by atoms with Gasteiger partial charge < -0.3 is 5.32 Å². The van der Waals surface area contributed by atoms with Crippen molar-refractivity contribution in [2.75, 3.05) is 6.54 Å². The van der Waals surface area contributed by atoms with Gasteiger partial charge in [0.15, 0.2) is 5.78 Å². The highest BCUT2D eigenvalue weighted by Crippen LogP contribution is 2.25. The lowest BCUT2D eigenvalue weighted by molar-refractivity contribution is -0.130. The maximum Gasteiger partial charge on any atom is 0.325 e. The largest absolute Gasteiger partial charge is 0.325 e. The number of carbonyl (C=O) groups is 3. The molecule has 0 radical (unpaired) electrons. The van der Waals surface area contributed by atoms with Gasteiger partial charge in [-0.15, -0.1) is 11.3 Å². The van der Waals surface area contributed by atoms with Crippen LogP contribution in [0.2, 0.25) is 0 Å². The summed E-state index contributed by atoms with van der Waals surface area (Å²) in [6.07, 6.45) is 1.42. The Bertz CT molecular complexity index is 608. The maximum atomic E-state index is 12.5. The first-order chi connectivity index (χ1) is 10.2. The Hall–Kier alpha value is -1.69. The summed E-state index contributed by atoms with van der Waals surface area (Å²) < 4.78 is 0. The van der Waals surface area contributed by atoms with Crippen LogP contribution in [-0.4, -0.2) is 34.7 Å². The molecule has 1 aromatic heterocycles. The second-order valence-electron chi connectivity index (χ2n) is 6.42. The predicted molar refractivity (Wildman–Crippen MR) is 86.1 cm³/mol. The standard InChI is InChI=1S/C16H22N2O3S/c1-10(2)7-8-16(4)14(20)18(15(21)17-16)9-12(19)13-6-5-11(3)22-13/h5-6,10H,7-9H2,1-4H3,(H,17,21). The van der Waals surface area contributed by atoms with Gasteiger partial charge in [0.05, 0.1) is 11.4 Å². The number of rotatable bonds is 6. The van der Waals surface area contributed by atoms with Crippen LogP contribution in [0.1, 0.15) is 48.2 Å². The monoisotopic (exact) mass is 322 g/mol. The number of ketones is 1. The van der Waals surface area contributed by atoms with Gasteiger partial charge in [0.1, 0.15) is 5.54 Å². The van der Waals surface area contributed by atoms with Crippen molar-refractivity contribution < 1.29 is 14.4 Å². The van der Waals surface area contributed by atoms with Gasteiger partial charge in [-0.25, -0.2) is 4.79 Å². The first kappa shape index (κ1) is 16.7. The molecule has 22 heavy (non-hydrogen) atoms. The molecule has 1 aromatic rings. The van der Waals surface area contributed by atoms with E-state index >= 15 is 0 Å². The molecule has 1 aliphatic rings.